The summed E-state index contributed by atoms with van der Waals surface area (Å²) in [7, 11) is -4.43. The molecule has 0 saturated carbocycles. The van der Waals surface area contributed by atoms with E-state index in [0.717, 1.165) is 10.8 Å². The number of rotatable bonds is 12. The highest BCUT2D eigenvalue weighted by molar-refractivity contribution is 7.51. The van der Waals surface area contributed by atoms with E-state index >= 15 is 0 Å². The Morgan fingerprint density at radius 1 is 1.24 bits per heavy atom. The van der Waals surface area contributed by atoms with Gasteiger partial charge in [0.05, 0.1) is 18.9 Å². The van der Waals surface area contributed by atoms with Gasteiger partial charge in [0.25, 0.3) is 0 Å². The van der Waals surface area contributed by atoms with Crippen molar-refractivity contribution in [1.82, 2.24) is 19.8 Å². The number of aliphatic hydroxyl groups is 3. The highest BCUT2D eigenvalue weighted by Crippen LogP contribution is 2.47. The number of para-hydroxylation sites is 1. The lowest BCUT2D eigenvalue weighted by Gasteiger charge is -2.24. The fourth-order valence-corrected chi connectivity index (χ4v) is 5.04. The van der Waals surface area contributed by atoms with Crippen molar-refractivity contribution in [1.29, 1.82) is 5.26 Å². The summed E-state index contributed by atoms with van der Waals surface area (Å²) < 4.78 is 35.9. The van der Waals surface area contributed by atoms with Gasteiger partial charge in [-0.05, 0) is 29.5 Å². The molecule has 224 valence electrons. The van der Waals surface area contributed by atoms with Crippen molar-refractivity contribution in [3.05, 3.63) is 54.5 Å². The Labute approximate surface area is 238 Å². The minimum absolute atomic E-state index is 0.0214. The minimum atomic E-state index is -4.43. The van der Waals surface area contributed by atoms with Gasteiger partial charge in [0, 0.05) is 6.42 Å². The van der Waals surface area contributed by atoms with Crippen molar-refractivity contribution in [2.24, 2.45) is 0 Å². The molecule has 0 spiro atoms. The van der Waals surface area contributed by atoms with E-state index in [9.17, 15) is 29.6 Å². The molecule has 5 atom stereocenters. The van der Waals surface area contributed by atoms with Crippen LogP contribution in [0, 0.1) is 11.3 Å². The highest BCUT2D eigenvalue weighted by atomic mass is 31.2. The average molecular weight is 606 g/mol. The second-order valence-corrected chi connectivity index (χ2v) is 10.3. The van der Waals surface area contributed by atoms with Gasteiger partial charge in [0.1, 0.15) is 48.6 Å². The number of amides is 1. The first-order valence-electron chi connectivity index (χ1n) is 12.5. The lowest BCUT2D eigenvalue weighted by Crippen LogP contribution is -2.41. The molecule has 1 unspecified atom stereocenters. The number of aliphatic hydroxyl groups excluding tert-OH is 3. The maximum absolute atomic E-state index is 13.4. The Morgan fingerprint density at radius 2 is 2.00 bits per heavy atom. The van der Waals surface area contributed by atoms with Gasteiger partial charge in [-0.3, -0.25) is 14.6 Å². The molecule has 4 rings (SSSR count). The number of ether oxygens (including phenoxy) is 2. The topological polar surface area (TPSA) is 236 Å². The number of hydrogen-bond donors (Lipinski definition) is 5. The van der Waals surface area contributed by atoms with E-state index < -0.39 is 50.3 Å². The predicted molar refractivity (Wildman–Crippen MR) is 139 cm³/mol. The first-order chi connectivity index (χ1) is 20.2. The van der Waals surface area contributed by atoms with E-state index in [2.05, 4.69) is 15.4 Å². The van der Waals surface area contributed by atoms with Crippen LogP contribution in [-0.4, -0.2) is 80.1 Å². The molecular weight excluding hydrogens is 579 g/mol. The molecule has 3 aromatic rings. The third kappa shape index (κ3) is 6.50. The van der Waals surface area contributed by atoms with Crippen LogP contribution in [0.4, 0.5) is 10.6 Å². The van der Waals surface area contributed by atoms with Crippen LogP contribution in [0.1, 0.15) is 19.0 Å². The van der Waals surface area contributed by atoms with Gasteiger partial charge >= 0.3 is 19.8 Å². The molecule has 1 fully saturated rings. The van der Waals surface area contributed by atoms with Crippen molar-refractivity contribution in [3.63, 3.8) is 0 Å². The summed E-state index contributed by atoms with van der Waals surface area (Å²) in [4.78, 5) is 32.3. The Morgan fingerprint density at radius 3 is 2.69 bits per heavy atom. The molecule has 1 saturated heterocycles. The van der Waals surface area contributed by atoms with Crippen LogP contribution in [-0.2, 0) is 33.8 Å². The first kappa shape index (κ1) is 30.8. The van der Waals surface area contributed by atoms with Crippen LogP contribution in [0.2, 0.25) is 0 Å². The van der Waals surface area contributed by atoms with Gasteiger partial charge in [-0.2, -0.15) is 10.4 Å². The van der Waals surface area contributed by atoms with E-state index in [0.29, 0.717) is 0 Å². The Balaban J connectivity index is 1.57. The number of carbonyl (C=O) groups is 2. The number of hydrogen-bond acceptors (Lipinski definition) is 14. The van der Waals surface area contributed by atoms with Gasteiger partial charge in [-0.1, -0.05) is 25.1 Å². The predicted octanol–water partition coefficient (Wildman–Crippen LogP) is 0.771. The van der Waals surface area contributed by atoms with Gasteiger partial charge in [0.2, 0.25) is 5.60 Å². The number of anilines is 1. The number of nitrogens with one attached hydrogen (secondary N) is 2. The molecule has 1 aromatic carbocycles. The summed E-state index contributed by atoms with van der Waals surface area (Å²) in [5.74, 6) is -0.680. The molecule has 1 aliphatic rings. The fourth-order valence-electron chi connectivity index (χ4n) is 3.94. The molecule has 42 heavy (non-hydrogen) atoms. The zero-order valence-corrected chi connectivity index (χ0v) is 22.9. The van der Waals surface area contributed by atoms with Crippen molar-refractivity contribution in [2.75, 3.05) is 25.1 Å². The third-order valence-corrected chi connectivity index (χ3v) is 7.19. The molecule has 17 nitrogen and oxygen atoms in total. The maximum atomic E-state index is 13.4. The molecule has 1 amide bonds. The summed E-state index contributed by atoms with van der Waals surface area (Å²) in [6.45, 7) is 0.183. The summed E-state index contributed by atoms with van der Waals surface area (Å²) in [5.41, 5.74) is -2.08. The van der Waals surface area contributed by atoms with Gasteiger partial charge in [0.15, 0.2) is 5.82 Å². The summed E-state index contributed by atoms with van der Waals surface area (Å²) >= 11 is 0. The fraction of sp³-hybridized carbons (Fsp3) is 0.375. The van der Waals surface area contributed by atoms with E-state index in [1.54, 1.807) is 18.2 Å². The van der Waals surface area contributed by atoms with Crippen molar-refractivity contribution >= 4 is 31.1 Å². The molecule has 0 radical (unpaired) electrons. The molecule has 18 heteroatoms. The summed E-state index contributed by atoms with van der Waals surface area (Å²) in [6.07, 6.45) is -4.92. The number of benzene rings is 1. The standard InChI is InChI=1S/C24H27N6O11P/c1-2-19(32)40-29-42(36,41-15-6-4-3-5-7-15)38-12-17-20(33)21(34)24(13-25,39-17)18-9-8-16-22(26-14-27-30(16)18)28-23(35)37-11-10-31/h3-9,14,17,20-21,31,33-34H,2,10-12H2,1H3,(H,29,36)(H,26,27,28,35)/t17-,20-,21-,24+,42?/m1/s1. The number of nitrogens with zero attached hydrogens (tertiary/aromatic N) is 4. The normalized spacial score (nSPS) is 23.1. The van der Waals surface area contributed by atoms with Crippen LogP contribution in [0.3, 0.4) is 0 Å². The Bertz CT molecular complexity index is 1500. The molecule has 0 bridgehead atoms. The highest BCUT2D eigenvalue weighted by Gasteiger charge is 2.58. The van der Waals surface area contributed by atoms with Crippen LogP contribution in [0.15, 0.2) is 48.8 Å². The van der Waals surface area contributed by atoms with Crippen molar-refractivity contribution in [3.8, 4) is 11.8 Å². The molecule has 5 N–H and O–H groups in total. The molecule has 0 aliphatic carbocycles. The second-order valence-electron chi connectivity index (χ2n) is 8.66. The minimum Gasteiger partial charge on any atom is -0.447 e. The molecule has 3 heterocycles. The zero-order chi connectivity index (χ0) is 30.3. The quantitative estimate of drug-likeness (QED) is 0.141. The van der Waals surface area contributed by atoms with Gasteiger partial charge in [-0.25, -0.2) is 18.9 Å². The smallest absolute Gasteiger partial charge is 0.447 e. The van der Waals surface area contributed by atoms with E-state index in [1.807, 2.05) is 11.3 Å². The number of fused-ring (bicyclic) bond motifs is 1. The molecular formula is C24H27N6O11P. The lowest BCUT2D eigenvalue weighted by molar-refractivity contribution is -0.147. The largest absolute Gasteiger partial charge is 0.491 e. The third-order valence-electron chi connectivity index (χ3n) is 5.94. The van der Waals surface area contributed by atoms with Crippen LogP contribution >= 0.6 is 7.75 Å². The monoisotopic (exact) mass is 606 g/mol. The Kier molecular flexibility index (Phi) is 9.70. The molecule has 1 aliphatic heterocycles. The number of nitriles is 1. The maximum Gasteiger partial charge on any atom is 0.491 e. The van der Waals surface area contributed by atoms with Crippen molar-refractivity contribution in [2.45, 2.75) is 37.3 Å². The number of aromatic nitrogens is 3. The second kappa shape index (κ2) is 13.2. The van der Waals surface area contributed by atoms with E-state index in [4.69, 9.17) is 28.5 Å². The van der Waals surface area contributed by atoms with Crippen LogP contribution < -0.4 is 15.1 Å². The van der Waals surface area contributed by atoms with E-state index in [1.165, 1.54) is 31.2 Å². The van der Waals surface area contributed by atoms with Crippen LogP contribution in [0.5, 0.6) is 5.75 Å². The van der Waals surface area contributed by atoms with Crippen LogP contribution in [0.25, 0.3) is 5.52 Å². The lowest BCUT2D eigenvalue weighted by atomic mass is 9.92. The summed E-state index contributed by atoms with van der Waals surface area (Å²) in [5, 5.41) is 49.2. The number of carbonyl (C=O) groups excluding carboxylic acids is 2. The molecule has 2 aromatic heterocycles. The SMILES string of the molecule is CCC(=O)ONP(=O)(OC[C@H]1O[C@@](C#N)(c2ccc3c(NC(=O)OCCO)ncnn23)[C@H](O)[C@@H]1O)Oc1ccccc1. The van der Waals surface area contributed by atoms with E-state index in [-0.39, 0.29) is 42.4 Å². The Hall–Kier alpha value is -4.14. The van der Waals surface area contributed by atoms with Gasteiger partial charge in [-0.15, -0.1) is 0 Å². The first-order valence-corrected chi connectivity index (χ1v) is 14.0. The summed E-state index contributed by atoms with van der Waals surface area (Å²) in [6, 6.07) is 12.5. The van der Waals surface area contributed by atoms with Crippen molar-refractivity contribution < 1.29 is 52.8 Å². The average Bonchev–Trinajstić information content (AvgIpc) is 3.54. The van der Waals surface area contributed by atoms with Gasteiger partial charge < -0.3 is 34.2 Å². The zero-order valence-electron chi connectivity index (χ0n) is 22.0.